The lowest BCUT2D eigenvalue weighted by Crippen LogP contribution is -2.41. The average Bonchev–Trinajstić information content (AvgIpc) is 3.35. The number of benzene rings is 2. The molecule has 2 aromatic carbocycles. The smallest absolute Gasteiger partial charge is 0.332 e. The van der Waals surface area contributed by atoms with Gasteiger partial charge in [-0.25, -0.2) is 4.79 Å². The van der Waals surface area contributed by atoms with Crippen LogP contribution in [0.2, 0.25) is 0 Å². The third kappa shape index (κ3) is 5.42. The second-order valence-electron chi connectivity index (χ2n) is 8.82. The molecule has 11 heteroatoms. The third-order valence-corrected chi connectivity index (χ3v) is 7.37. The molecule has 38 heavy (non-hydrogen) atoms. The molecule has 0 saturated heterocycles. The van der Waals surface area contributed by atoms with Crippen LogP contribution >= 0.6 is 11.8 Å². The Morgan fingerprint density at radius 1 is 1.03 bits per heavy atom. The Hall–Kier alpha value is -4.12. The largest absolute Gasteiger partial charge is 0.486 e. The van der Waals surface area contributed by atoms with Gasteiger partial charge in [0.1, 0.15) is 23.7 Å². The van der Waals surface area contributed by atoms with Crippen molar-refractivity contribution in [3.8, 4) is 5.75 Å². The first-order valence-electron chi connectivity index (χ1n) is 12.1. The number of ketones is 1. The van der Waals surface area contributed by atoms with Crippen molar-refractivity contribution >= 4 is 23.4 Å². The third-order valence-electron chi connectivity index (χ3n) is 6.43. The van der Waals surface area contributed by atoms with E-state index in [4.69, 9.17) is 10.5 Å². The molecular weight excluding hydrogens is 504 g/mol. The molecule has 0 fully saturated rings. The van der Waals surface area contributed by atoms with Crippen molar-refractivity contribution in [2.45, 2.75) is 38.1 Å². The van der Waals surface area contributed by atoms with E-state index in [0.717, 1.165) is 38.6 Å². The molecule has 0 aliphatic carbocycles. The van der Waals surface area contributed by atoms with E-state index in [1.807, 2.05) is 66.1 Å². The van der Waals surface area contributed by atoms with Crippen LogP contribution in [0.3, 0.4) is 0 Å². The summed E-state index contributed by atoms with van der Waals surface area (Å²) in [5.41, 5.74) is 6.68. The van der Waals surface area contributed by atoms with Crippen molar-refractivity contribution in [3.63, 3.8) is 0 Å². The lowest BCUT2D eigenvalue weighted by Gasteiger charge is -2.19. The maximum absolute atomic E-state index is 13.1. The first-order chi connectivity index (χ1) is 18.2. The van der Waals surface area contributed by atoms with Crippen LogP contribution in [0, 0.1) is 0 Å². The van der Waals surface area contributed by atoms with Crippen molar-refractivity contribution in [2.24, 2.45) is 14.1 Å². The highest BCUT2D eigenvalue weighted by molar-refractivity contribution is 7.99. The van der Waals surface area contributed by atoms with Crippen LogP contribution in [0.4, 0.5) is 5.82 Å². The quantitative estimate of drug-likeness (QED) is 0.243. The number of aryl methyl sites for hydroxylation is 1. The van der Waals surface area contributed by atoms with Crippen molar-refractivity contribution in [3.05, 3.63) is 98.0 Å². The molecule has 1 atom stereocenters. The first-order valence-corrected chi connectivity index (χ1v) is 13.1. The minimum absolute atomic E-state index is 0.114. The molecule has 0 aliphatic heterocycles. The highest BCUT2D eigenvalue weighted by atomic mass is 32.2. The standard InChI is InChI=1S/C27H30N6O4S/c1-5-18-11-13-20(14-12-18)37-15-22-29-30-26(33(22)17(2)19-9-7-6-8-10-19)38-16-21(34)23-24(28)31(3)27(36)32(4)25(23)35/h6-14,17H,5,15-16,28H2,1-4H3/t17-/m0/s1. The fourth-order valence-corrected chi connectivity index (χ4v) is 4.97. The van der Waals surface area contributed by atoms with Gasteiger partial charge in [-0.2, -0.15) is 0 Å². The van der Waals surface area contributed by atoms with E-state index >= 15 is 0 Å². The minimum Gasteiger partial charge on any atom is -0.486 e. The van der Waals surface area contributed by atoms with Gasteiger partial charge in [0.05, 0.1) is 11.8 Å². The number of hydrogen-bond acceptors (Lipinski definition) is 8. The lowest BCUT2D eigenvalue weighted by atomic mass is 10.1. The van der Waals surface area contributed by atoms with Crippen LogP contribution in [0.25, 0.3) is 0 Å². The summed E-state index contributed by atoms with van der Waals surface area (Å²) in [4.78, 5) is 37.8. The minimum atomic E-state index is -0.724. The van der Waals surface area contributed by atoms with E-state index in [9.17, 15) is 14.4 Å². The summed E-state index contributed by atoms with van der Waals surface area (Å²) >= 11 is 1.15. The van der Waals surface area contributed by atoms with Gasteiger partial charge in [0.2, 0.25) is 0 Å². The molecule has 10 nitrogen and oxygen atoms in total. The van der Waals surface area contributed by atoms with E-state index in [1.165, 1.54) is 19.7 Å². The lowest BCUT2D eigenvalue weighted by molar-refractivity contribution is 0.102. The molecule has 198 valence electrons. The van der Waals surface area contributed by atoms with E-state index in [0.29, 0.717) is 11.0 Å². The van der Waals surface area contributed by atoms with Gasteiger partial charge in [0, 0.05) is 14.1 Å². The normalized spacial score (nSPS) is 11.9. The van der Waals surface area contributed by atoms with E-state index in [-0.39, 0.29) is 29.8 Å². The number of nitrogens with zero attached hydrogens (tertiary/aromatic N) is 5. The van der Waals surface area contributed by atoms with Gasteiger partial charge in [-0.15, -0.1) is 10.2 Å². The molecule has 0 spiro atoms. The summed E-state index contributed by atoms with van der Waals surface area (Å²) in [5.74, 6) is 0.532. The zero-order valence-electron chi connectivity index (χ0n) is 21.7. The zero-order valence-corrected chi connectivity index (χ0v) is 22.6. The fourth-order valence-electron chi connectivity index (χ4n) is 4.07. The Labute approximate surface area is 224 Å². The Bertz CT molecular complexity index is 1560. The maximum Gasteiger partial charge on any atom is 0.332 e. The molecule has 0 amide bonds. The second kappa shape index (κ2) is 11.5. The number of anilines is 1. The Morgan fingerprint density at radius 2 is 1.71 bits per heavy atom. The van der Waals surface area contributed by atoms with Crippen LogP contribution in [-0.4, -0.2) is 35.4 Å². The number of carbonyl (C=O) groups excluding carboxylic acids is 1. The van der Waals surface area contributed by atoms with E-state index in [2.05, 4.69) is 17.1 Å². The molecule has 2 heterocycles. The fraction of sp³-hybridized carbons (Fsp3) is 0.296. The molecule has 0 saturated carbocycles. The SMILES string of the molecule is CCc1ccc(OCc2nnc(SCC(=O)c3c(N)n(C)c(=O)n(C)c3=O)n2[C@@H](C)c2ccccc2)cc1. The van der Waals surface area contributed by atoms with E-state index < -0.39 is 17.0 Å². The zero-order chi connectivity index (χ0) is 27.4. The molecule has 2 aromatic heterocycles. The number of nitrogen functional groups attached to an aromatic ring is 1. The summed E-state index contributed by atoms with van der Waals surface area (Å²) in [6, 6.07) is 17.6. The summed E-state index contributed by atoms with van der Waals surface area (Å²) in [6.07, 6.45) is 0.944. The monoisotopic (exact) mass is 534 g/mol. The van der Waals surface area contributed by atoms with Crippen molar-refractivity contribution in [1.82, 2.24) is 23.9 Å². The predicted octanol–water partition coefficient (Wildman–Crippen LogP) is 2.98. The molecular formula is C27H30N6O4S. The molecule has 4 rings (SSSR count). The van der Waals surface area contributed by atoms with E-state index in [1.54, 1.807) is 0 Å². The number of thioether (sulfide) groups is 1. The van der Waals surface area contributed by atoms with Crippen LogP contribution in [-0.2, 0) is 27.1 Å². The molecule has 0 unspecified atom stereocenters. The Morgan fingerprint density at radius 3 is 2.37 bits per heavy atom. The summed E-state index contributed by atoms with van der Waals surface area (Å²) in [7, 11) is 2.73. The summed E-state index contributed by atoms with van der Waals surface area (Å²) in [6.45, 7) is 4.29. The molecule has 4 aromatic rings. The van der Waals surface area contributed by atoms with Crippen molar-refractivity contribution in [1.29, 1.82) is 0 Å². The van der Waals surface area contributed by atoms with Gasteiger partial charge in [-0.05, 0) is 36.6 Å². The number of carbonyl (C=O) groups is 1. The van der Waals surface area contributed by atoms with Gasteiger partial charge in [0.25, 0.3) is 5.56 Å². The second-order valence-corrected chi connectivity index (χ2v) is 9.76. The number of rotatable bonds is 10. The van der Waals surface area contributed by atoms with Crippen LogP contribution < -0.4 is 21.7 Å². The Kier molecular flexibility index (Phi) is 8.16. The van der Waals surface area contributed by atoms with Gasteiger partial charge in [-0.1, -0.05) is 61.2 Å². The number of Topliss-reactive ketones (excluding diaryl/α,β-unsaturated/α-hetero) is 1. The Balaban J connectivity index is 1.61. The highest BCUT2D eigenvalue weighted by Crippen LogP contribution is 2.28. The van der Waals surface area contributed by atoms with Crippen molar-refractivity contribution < 1.29 is 9.53 Å². The highest BCUT2D eigenvalue weighted by Gasteiger charge is 2.24. The first kappa shape index (κ1) is 26.9. The van der Waals surface area contributed by atoms with Crippen LogP contribution in [0.5, 0.6) is 5.75 Å². The average molecular weight is 535 g/mol. The van der Waals surface area contributed by atoms with Crippen LogP contribution in [0.1, 0.15) is 47.2 Å². The van der Waals surface area contributed by atoms with Crippen LogP contribution in [0.15, 0.2) is 69.3 Å². The number of nitrogens with two attached hydrogens (primary N) is 1. The maximum atomic E-state index is 13.1. The topological polar surface area (TPSA) is 127 Å². The number of hydrogen-bond donors (Lipinski definition) is 1. The number of aromatic nitrogens is 5. The molecule has 0 bridgehead atoms. The van der Waals surface area contributed by atoms with Crippen molar-refractivity contribution in [2.75, 3.05) is 11.5 Å². The summed E-state index contributed by atoms with van der Waals surface area (Å²) in [5, 5.41) is 9.19. The molecule has 0 radical (unpaired) electrons. The van der Waals surface area contributed by atoms with Gasteiger partial charge in [-0.3, -0.25) is 23.3 Å². The predicted molar refractivity (Wildman–Crippen MR) is 147 cm³/mol. The molecule has 0 aliphatic rings. The van der Waals surface area contributed by atoms with Gasteiger partial charge < -0.3 is 10.5 Å². The molecule has 2 N–H and O–H groups in total. The summed E-state index contributed by atoms with van der Waals surface area (Å²) < 4.78 is 9.89. The van der Waals surface area contributed by atoms with Gasteiger partial charge in [0.15, 0.2) is 16.8 Å². The number of ether oxygens (including phenoxy) is 1. The van der Waals surface area contributed by atoms with Gasteiger partial charge >= 0.3 is 5.69 Å².